The Bertz CT molecular complexity index is 909. The van der Waals surface area contributed by atoms with Gasteiger partial charge in [0, 0.05) is 8.32 Å². The number of esters is 1. The Labute approximate surface area is 184 Å². The van der Waals surface area contributed by atoms with Gasteiger partial charge in [0.25, 0.3) is 5.91 Å². The van der Waals surface area contributed by atoms with Gasteiger partial charge < -0.3 is 25.8 Å². The van der Waals surface area contributed by atoms with Gasteiger partial charge in [-0.3, -0.25) is 9.59 Å². The number of carbonyl (C=O) groups is 4. The molecule has 11 heteroatoms. The summed E-state index contributed by atoms with van der Waals surface area (Å²) >= 11 is 3.21. The van der Waals surface area contributed by atoms with Gasteiger partial charge in [0.1, 0.15) is 17.5 Å². The molecule has 2 amide bonds. The largest absolute Gasteiger partial charge is 0.480 e. The van der Waals surface area contributed by atoms with Gasteiger partial charge in [-0.2, -0.15) is 0 Å². The van der Waals surface area contributed by atoms with Gasteiger partial charge in [-0.15, -0.1) is 11.8 Å². The number of hydrogen-bond acceptors (Lipinski definition) is 7. The summed E-state index contributed by atoms with van der Waals surface area (Å²) in [6.07, 6.45) is 0. The highest BCUT2D eigenvalue weighted by atomic mass is 127. The summed E-state index contributed by atoms with van der Waals surface area (Å²) < 4.78 is 4.80. The maximum Gasteiger partial charge on any atom is 0.344 e. The van der Waals surface area contributed by atoms with E-state index in [0.29, 0.717) is 5.56 Å². The summed E-state index contributed by atoms with van der Waals surface area (Å²) in [5.74, 6) is -3.69. The van der Waals surface area contributed by atoms with Crippen molar-refractivity contribution >= 4 is 58.1 Å². The second kappa shape index (κ2) is 7.43. The van der Waals surface area contributed by atoms with Crippen molar-refractivity contribution in [3.63, 3.8) is 0 Å². The number of rotatable bonds is 5. The molecule has 3 rings (SSSR count). The number of β-lactam (4-membered cyclic amide) rings is 1. The van der Waals surface area contributed by atoms with E-state index in [4.69, 9.17) is 10.5 Å². The van der Waals surface area contributed by atoms with Crippen molar-refractivity contribution in [2.45, 2.75) is 41.6 Å². The SMILES string of the molecule is COC(=O)[C@]1(NC(=O)C(N)c2cccc(I)c2)C(=O)N2[C@@H](C(=O)O)C(C)(C)S[C@@H]21. The molecule has 156 valence electrons. The number of methoxy groups -OCH3 is 1. The minimum absolute atomic E-state index is 0.515. The van der Waals surface area contributed by atoms with Crippen LogP contribution in [-0.4, -0.2) is 62.6 Å². The van der Waals surface area contributed by atoms with E-state index in [-0.39, 0.29) is 0 Å². The predicted octanol–water partition coefficient (Wildman–Crippen LogP) is 0.466. The summed E-state index contributed by atoms with van der Waals surface area (Å²) in [5.41, 5.74) is 4.55. The fraction of sp³-hybridized carbons (Fsp3) is 0.444. The van der Waals surface area contributed by atoms with Crippen LogP contribution in [0, 0.1) is 3.57 Å². The van der Waals surface area contributed by atoms with Gasteiger partial charge in [0.2, 0.25) is 11.4 Å². The average Bonchev–Trinajstić information content (AvgIpc) is 2.93. The summed E-state index contributed by atoms with van der Waals surface area (Å²) in [7, 11) is 1.10. The number of nitrogens with zero attached hydrogens (tertiary/aromatic N) is 1. The molecule has 0 aliphatic carbocycles. The number of nitrogens with two attached hydrogens (primary N) is 1. The lowest BCUT2D eigenvalue weighted by molar-refractivity contribution is -0.180. The Morgan fingerprint density at radius 1 is 1.38 bits per heavy atom. The van der Waals surface area contributed by atoms with Crippen LogP contribution in [-0.2, 0) is 23.9 Å². The summed E-state index contributed by atoms with van der Waals surface area (Å²) in [4.78, 5) is 51.3. The molecule has 29 heavy (non-hydrogen) atoms. The molecule has 2 aliphatic heterocycles. The number of thioether (sulfide) groups is 1. The topological polar surface area (TPSA) is 139 Å². The molecular weight excluding hydrogens is 513 g/mol. The van der Waals surface area contributed by atoms with Crippen LogP contribution in [0.1, 0.15) is 25.5 Å². The minimum Gasteiger partial charge on any atom is -0.480 e. The Morgan fingerprint density at radius 3 is 2.59 bits per heavy atom. The van der Waals surface area contributed by atoms with Crippen molar-refractivity contribution in [3.8, 4) is 0 Å². The molecule has 4 atom stereocenters. The molecule has 0 spiro atoms. The fourth-order valence-electron chi connectivity index (χ4n) is 3.70. The number of nitrogens with one attached hydrogen (secondary N) is 1. The molecule has 1 unspecified atom stereocenters. The number of ether oxygens (including phenoxy) is 1. The molecule has 0 radical (unpaired) electrons. The lowest BCUT2D eigenvalue weighted by atomic mass is 9.84. The Morgan fingerprint density at radius 2 is 2.03 bits per heavy atom. The first-order valence-corrected chi connectivity index (χ1v) is 10.6. The number of carboxylic acid groups (broad SMARTS) is 1. The van der Waals surface area contributed by atoms with E-state index in [0.717, 1.165) is 27.3 Å². The van der Waals surface area contributed by atoms with Gasteiger partial charge in [-0.25, -0.2) is 9.59 Å². The summed E-state index contributed by atoms with van der Waals surface area (Å²) in [5, 5.41) is 11.1. The lowest BCUT2D eigenvalue weighted by Gasteiger charge is -2.50. The predicted molar refractivity (Wildman–Crippen MR) is 113 cm³/mol. The van der Waals surface area contributed by atoms with Gasteiger partial charge in [-0.05, 0) is 54.1 Å². The second-order valence-corrected chi connectivity index (χ2v) is 10.3. The zero-order valence-electron chi connectivity index (χ0n) is 15.8. The van der Waals surface area contributed by atoms with Crippen LogP contribution >= 0.6 is 34.4 Å². The fourth-order valence-corrected chi connectivity index (χ4v) is 5.95. The molecule has 0 bridgehead atoms. The molecule has 2 fully saturated rings. The molecular formula is C18H20IN3O6S. The molecule has 2 saturated heterocycles. The van der Waals surface area contributed by atoms with Crippen LogP contribution in [0.5, 0.6) is 0 Å². The third-order valence-corrected chi connectivity index (χ3v) is 7.40. The van der Waals surface area contributed by atoms with E-state index in [2.05, 4.69) is 27.9 Å². The Hall–Kier alpha value is -1.86. The zero-order valence-corrected chi connectivity index (χ0v) is 18.8. The van der Waals surface area contributed by atoms with Crippen LogP contribution in [0.2, 0.25) is 0 Å². The van der Waals surface area contributed by atoms with E-state index in [1.54, 1.807) is 32.0 Å². The molecule has 1 aromatic carbocycles. The maximum absolute atomic E-state index is 13.0. The number of benzene rings is 1. The number of amides is 2. The minimum atomic E-state index is -2.02. The van der Waals surface area contributed by atoms with Crippen molar-refractivity contribution in [2.24, 2.45) is 5.73 Å². The number of halogens is 1. The lowest BCUT2D eigenvalue weighted by Crippen LogP contribution is -2.83. The molecule has 0 saturated carbocycles. The average molecular weight is 533 g/mol. The number of carboxylic acids is 1. The summed E-state index contributed by atoms with van der Waals surface area (Å²) in [6.45, 7) is 3.34. The van der Waals surface area contributed by atoms with E-state index < -0.39 is 51.5 Å². The van der Waals surface area contributed by atoms with Crippen LogP contribution in [0.4, 0.5) is 0 Å². The van der Waals surface area contributed by atoms with Gasteiger partial charge in [-0.1, -0.05) is 12.1 Å². The quantitative estimate of drug-likeness (QED) is 0.215. The van der Waals surface area contributed by atoms with Crippen molar-refractivity contribution in [1.29, 1.82) is 0 Å². The third kappa shape index (κ3) is 3.28. The normalized spacial score (nSPS) is 28.2. The zero-order chi connectivity index (χ0) is 21.7. The molecule has 2 heterocycles. The van der Waals surface area contributed by atoms with Crippen LogP contribution < -0.4 is 11.1 Å². The number of aliphatic carboxylic acids is 1. The molecule has 1 aromatic rings. The molecule has 9 nitrogen and oxygen atoms in total. The van der Waals surface area contributed by atoms with Crippen LogP contribution in [0.25, 0.3) is 0 Å². The number of hydrogen-bond donors (Lipinski definition) is 3. The Kier molecular flexibility index (Phi) is 5.60. The molecule has 2 aliphatic rings. The molecule has 4 N–H and O–H groups in total. The third-order valence-electron chi connectivity index (χ3n) is 5.10. The van der Waals surface area contributed by atoms with Crippen molar-refractivity contribution in [3.05, 3.63) is 33.4 Å². The van der Waals surface area contributed by atoms with Crippen molar-refractivity contribution in [2.75, 3.05) is 7.11 Å². The van der Waals surface area contributed by atoms with Crippen molar-refractivity contribution < 1.29 is 29.0 Å². The molecule has 0 aromatic heterocycles. The van der Waals surface area contributed by atoms with E-state index in [1.807, 2.05) is 6.07 Å². The smallest absolute Gasteiger partial charge is 0.344 e. The van der Waals surface area contributed by atoms with Crippen LogP contribution in [0.15, 0.2) is 24.3 Å². The van der Waals surface area contributed by atoms with Crippen molar-refractivity contribution in [1.82, 2.24) is 10.2 Å². The van der Waals surface area contributed by atoms with Crippen LogP contribution in [0.3, 0.4) is 0 Å². The highest BCUT2D eigenvalue weighted by molar-refractivity contribution is 14.1. The first-order valence-electron chi connectivity index (χ1n) is 8.62. The standard InChI is InChI=1S/C18H20IN3O6S/c1-17(2)11(13(24)25)22-14(26)18(15(22)29-17,16(27)28-3)21-12(23)10(20)8-5-4-6-9(19)7-8/h4-7,10-11,15H,20H2,1-3H3,(H,21,23)(H,24,25)/t10?,11-,15+,18-/m0/s1. The maximum atomic E-state index is 13.0. The second-order valence-electron chi connectivity index (χ2n) is 7.35. The first-order chi connectivity index (χ1) is 13.5. The van der Waals surface area contributed by atoms with E-state index >= 15 is 0 Å². The number of fused-ring (bicyclic) bond motifs is 1. The summed E-state index contributed by atoms with van der Waals surface area (Å²) in [6, 6.07) is 4.70. The van der Waals surface area contributed by atoms with Gasteiger partial charge in [0.15, 0.2) is 0 Å². The number of carbonyl (C=O) groups excluding carboxylic acids is 3. The van der Waals surface area contributed by atoms with Gasteiger partial charge in [0.05, 0.1) is 7.11 Å². The monoisotopic (exact) mass is 533 g/mol. The highest BCUT2D eigenvalue weighted by Gasteiger charge is 2.76. The first kappa shape index (κ1) is 21.8. The van der Waals surface area contributed by atoms with E-state index in [1.165, 1.54) is 0 Å². The van der Waals surface area contributed by atoms with Gasteiger partial charge >= 0.3 is 11.9 Å². The highest BCUT2D eigenvalue weighted by Crippen LogP contribution is 2.55. The Balaban J connectivity index is 1.94. The van der Waals surface area contributed by atoms with E-state index in [9.17, 15) is 24.3 Å².